The van der Waals surface area contributed by atoms with Crippen molar-refractivity contribution >= 4 is 44.2 Å². The molecule has 1 spiro atoms. The van der Waals surface area contributed by atoms with Crippen molar-refractivity contribution in [1.29, 1.82) is 0 Å². The number of alkyl halides is 2. The van der Waals surface area contributed by atoms with E-state index in [0.717, 1.165) is 25.9 Å². The molecule has 220 valence electrons. The summed E-state index contributed by atoms with van der Waals surface area (Å²) in [5.74, 6) is -3.22. The predicted octanol–water partition coefficient (Wildman–Crippen LogP) is 4.55. The van der Waals surface area contributed by atoms with Gasteiger partial charge in [-0.1, -0.05) is 0 Å². The van der Waals surface area contributed by atoms with Crippen LogP contribution in [-0.2, 0) is 10.0 Å². The number of fused-ring (bicyclic) bond motifs is 1. The van der Waals surface area contributed by atoms with Gasteiger partial charge in [-0.05, 0) is 74.3 Å². The van der Waals surface area contributed by atoms with E-state index in [2.05, 4.69) is 25.0 Å². The standard InChI is InChI=1S/C28H34F2N6O4S/c29-28(30)7-5-20(6-8-28)36-25-22(2-1-13-31-25)24(33-36)32-26(38)21-4-3-19(34-41(39,40)17-16-37)18-23(21)35-14-11-27(9-10-27)12-15-35/h1-4,13,18,20,34,37H,5-12,14-17H2,(H,32,33,38). The lowest BCUT2D eigenvalue weighted by atomic mass is 9.92. The quantitative estimate of drug-likeness (QED) is 0.352. The summed E-state index contributed by atoms with van der Waals surface area (Å²) in [4.78, 5) is 20.3. The molecule has 6 rings (SSSR count). The molecule has 0 atom stereocenters. The van der Waals surface area contributed by atoms with Crippen LogP contribution in [0, 0.1) is 5.41 Å². The number of aliphatic hydroxyl groups excluding tert-OH is 1. The van der Waals surface area contributed by atoms with Crippen molar-refractivity contribution in [3.8, 4) is 0 Å². The number of pyridine rings is 1. The van der Waals surface area contributed by atoms with Gasteiger partial charge in [-0.25, -0.2) is 26.9 Å². The highest BCUT2D eigenvalue weighted by Crippen LogP contribution is 2.54. The average Bonchev–Trinajstić information content (AvgIpc) is 3.60. The molecule has 1 aromatic carbocycles. The molecule has 10 nitrogen and oxygen atoms in total. The number of amides is 1. The molecule has 2 aromatic heterocycles. The van der Waals surface area contributed by atoms with Crippen molar-refractivity contribution in [2.45, 2.75) is 63.3 Å². The topological polar surface area (TPSA) is 129 Å². The number of sulfonamides is 1. The van der Waals surface area contributed by atoms with E-state index >= 15 is 0 Å². The lowest BCUT2D eigenvalue weighted by Crippen LogP contribution is -2.35. The zero-order chi connectivity index (χ0) is 28.8. The number of aliphatic hydroxyl groups is 1. The van der Waals surface area contributed by atoms with Crippen LogP contribution in [0.3, 0.4) is 0 Å². The van der Waals surface area contributed by atoms with Crippen molar-refractivity contribution in [3.63, 3.8) is 0 Å². The van der Waals surface area contributed by atoms with Crippen LogP contribution in [0.2, 0.25) is 0 Å². The number of halogens is 2. The molecule has 13 heteroatoms. The Bertz CT molecular complexity index is 1550. The summed E-state index contributed by atoms with van der Waals surface area (Å²) < 4.78 is 56.4. The molecule has 2 saturated carbocycles. The van der Waals surface area contributed by atoms with Gasteiger partial charge < -0.3 is 15.3 Å². The number of piperidine rings is 1. The van der Waals surface area contributed by atoms with Crippen LogP contribution >= 0.6 is 0 Å². The van der Waals surface area contributed by atoms with Gasteiger partial charge in [0.15, 0.2) is 11.5 Å². The Morgan fingerprint density at radius 2 is 1.80 bits per heavy atom. The number of aromatic nitrogens is 3. The Hall–Kier alpha value is -3.32. The summed E-state index contributed by atoms with van der Waals surface area (Å²) in [5, 5.41) is 17.3. The molecule has 3 aliphatic rings. The molecule has 1 amide bonds. The summed E-state index contributed by atoms with van der Waals surface area (Å²) in [6.45, 7) is 0.997. The van der Waals surface area contributed by atoms with Crippen LogP contribution in [-0.4, -0.2) is 65.6 Å². The number of carbonyl (C=O) groups is 1. The van der Waals surface area contributed by atoms with Gasteiger partial charge in [-0.2, -0.15) is 5.10 Å². The first kappa shape index (κ1) is 27.8. The molecule has 41 heavy (non-hydrogen) atoms. The van der Waals surface area contributed by atoms with Gasteiger partial charge in [0.2, 0.25) is 15.9 Å². The summed E-state index contributed by atoms with van der Waals surface area (Å²) in [6, 6.07) is 8.05. The minimum atomic E-state index is -3.75. The number of carbonyl (C=O) groups excluding carboxylic acids is 1. The van der Waals surface area contributed by atoms with Gasteiger partial charge in [-0.3, -0.25) is 9.52 Å². The first-order valence-electron chi connectivity index (χ1n) is 14.1. The Morgan fingerprint density at radius 3 is 2.49 bits per heavy atom. The molecular weight excluding hydrogens is 554 g/mol. The first-order chi connectivity index (χ1) is 19.6. The smallest absolute Gasteiger partial charge is 0.258 e. The van der Waals surface area contributed by atoms with Crippen LogP contribution in [0.1, 0.15) is 67.8 Å². The zero-order valence-corrected chi connectivity index (χ0v) is 23.5. The predicted molar refractivity (Wildman–Crippen MR) is 152 cm³/mol. The molecule has 3 N–H and O–H groups in total. The second-order valence-electron chi connectivity index (χ2n) is 11.6. The summed E-state index contributed by atoms with van der Waals surface area (Å²) in [7, 11) is -3.75. The maximum Gasteiger partial charge on any atom is 0.258 e. The highest BCUT2D eigenvalue weighted by atomic mass is 32.2. The second kappa shape index (κ2) is 10.5. The molecule has 0 unspecified atom stereocenters. The molecule has 2 aliphatic carbocycles. The SMILES string of the molecule is O=C(Nc1nn(C2CCC(F)(F)CC2)c2ncccc12)c1ccc(NS(=O)(=O)CCO)cc1N1CCC2(CC1)CC2. The van der Waals surface area contributed by atoms with Crippen molar-refractivity contribution < 1.29 is 27.1 Å². The number of hydrogen-bond acceptors (Lipinski definition) is 7. The fourth-order valence-corrected chi connectivity index (χ4v) is 6.89. The lowest BCUT2D eigenvalue weighted by Gasteiger charge is -2.35. The van der Waals surface area contributed by atoms with E-state index in [1.807, 2.05) is 0 Å². The Morgan fingerprint density at radius 1 is 1.07 bits per heavy atom. The van der Waals surface area contributed by atoms with E-state index in [9.17, 15) is 22.0 Å². The van der Waals surface area contributed by atoms with Crippen LogP contribution < -0.4 is 14.9 Å². The largest absolute Gasteiger partial charge is 0.395 e. The molecular formula is C28H34F2N6O4S. The highest BCUT2D eigenvalue weighted by Gasteiger charge is 2.44. The molecule has 1 saturated heterocycles. The van der Waals surface area contributed by atoms with Crippen molar-refractivity contribution in [2.24, 2.45) is 5.41 Å². The van der Waals surface area contributed by atoms with E-state index in [0.29, 0.717) is 39.2 Å². The van der Waals surface area contributed by atoms with Crippen LogP contribution in [0.4, 0.5) is 26.0 Å². The minimum Gasteiger partial charge on any atom is -0.395 e. The number of benzene rings is 1. The van der Waals surface area contributed by atoms with Crippen LogP contribution in [0.25, 0.3) is 11.0 Å². The Kier molecular flexibility index (Phi) is 7.13. The number of anilines is 3. The van der Waals surface area contributed by atoms with Gasteiger partial charge in [0.05, 0.1) is 40.7 Å². The maximum absolute atomic E-state index is 13.8. The highest BCUT2D eigenvalue weighted by molar-refractivity contribution is 7.92. The summed E-state index contributed by atoms with van der Waals surface area (Å²) >= 11 is 0. The first-order valence-corrected chi connectivity index (χ1v) is 15.8. The van der Waals surface area contributed by atoms with Gasteiger partial charge >= 0.3 is 0 Å². The Balaban J connectivity index is 1.30. The molecule has 3 heterocycles. The lowest BCUT2D eigenvalue weighted by molar-refractivity contribution is -0.0446. The Labute approximate surface area is 237 Å². The molecule has 1 aliphatic heterocycles. The minimum absolute atomic E-state index is 0.220. The van der Waals surface area contributed by atoms with Crippen molar-refractivity contribution in [2.75, 3.05) is 40.4 Å². The number of nitrogens with zero attached hydrogens (tertiary/aromatic N) is 4. The zero-order valence-electron chi connectivity index (χ0n) is 22.7. The molecule has 0 radical (unpaired) electrons. The van der Waals surface area contributed by atoms with Gasteiger partial charge in [0.1, 0.15) is 0 Å². The van der Waals surface area contributed by atoms with Gasteiger partial charge in [-0.15, -0.1) is 0 Å². The molecule has 0 bridgehead atoms. The van der Waals surface area contributed by atoms with Gasteiger partial charge in [0, 0.05) is 32.1 Å². The number of rotatable bonds is 8. The monoisotopic (exact) mass is 588 g/mol. The van der Waals surface area contributed by atoms with Crippen LogP contribution in [0.15, 0.2) is 36.5 Å². The molecule has 3 aromatic rings. The normalized spacial score (nSPS) is 20.3. The molecule has 3 fully saturated rings. The third kappa shape index (κ3) is 5.87. The van der Waals surface area contributed by atoms with Crippen molar-refractivity contribution in [3.05, 3.63) is 42.1 Å². The van der Waals surface area contributed by atoms with Gasteiger partial charge in [0.25, 0.3) is 5.91 Å². The van der Waals surface area contributed by atoms with E-state index in [1.54, 1.807) is 35.1 Å². The average molecular weight is 589 g/mol. The van der Waals surface area contributed by atoms with E-state index < -0.39 is 34.2 Å². The third-order valence-corrected chi connectivity index (χ3v) is 10.00. The number of hydrogen-bond donors (Lipinski definition) is 3. The maximum atomic E-state index is 13.8. The van der Waals surface area contributed by atoms with E-state index in [-0.39, 0.29) is 31.7 Å². The fraction of sp³-hybridized carbons (Fsp3) is 0.536. The van der Waals surface area contributed by atoms with Crippen molar-refractivity contribution in [1.82, 2.24) is 14.8 Å². The van der Waals surface area contributed by atoms with E-state index in [1.165, 1.54) is 18.9 Å². The fourth-order valence-electron chi connectivity index (χ4n) is 6.06. The summed E-state index contributed by atoms with van der Waals surface area (Å²) in [5.41, 5.74) is 2.22. The van der Waals surface area contributed by atoms with E-state index in [4.69, 9.17) is 5.11 Å². The number of nitrogens with one attached hydrogen (secondary N) is 2. The summed E-state index contributed by atoms with van der Waals surface area (Å²) in [6.07, 6.45) is 6.16. The second-order valence-corrected chi connectivity index (χ2v) is 13.4. The van der Waals surface area contributed by atoms with Crippen LogP contribution in [0.5, 0.6) is 0 Å². The third-order valence-electron chi connectivity index (χ3n) is 8.73.